The summed E-state index contributed by atoms with van der Waals surface area (Å²) in [6, 6.07) is 0. The Labute approximate surface area is 73.4 Å². The van der Waals surface area contributed by atoms with Gasteiger partial charge in [-0.2, -0.15) is 0 Å². The van der Waals surface area contributed by atoms with Crippen LogP contribution in [0.4, 0.5) is 0 Å². The first-order valence-corrected chi connectivity index (χ1v) is 3.40. The van der Waals surface area contributed by atoms with Gasteiger partial charge < -0.3 is 10.8 Å². The van der Waals surface area contributed by atoms with E-state index in [0.717, 1.165) is 0 Å². The lowest BCUT2D eigenvalue weighted by molar-refractivity contribution is -0.137. The zero-order valence-corrected chi connectivity index (χ0v) is 7.78. The maximum Gasteiger partial charge on any atom is 0.303 e. The SMILES string of the molecule is CC(C)(CN)CCC(=O)O.Cl. The Bertz CT molecular complexity index is 126. The molecule has 0 unspecified atom stereocenters. The molecule has 0 saturated heterocycles. The molecule has 68 valence electrons. The minimum atomic E-state index is -0.749. The van der Waals surface area contributed by atoms with Crippen LogP contribution in [0.1, 0.15) is 26.7 Å². The fourth-order valence-electron chi connectivity index (χ4n) is 0.547. The van der Waals surface area contributed by atoms with Crippen molar-refractivity contribution < 1.29 is 9.90 Å². The number of nitrogens with two attached hydrogens (primary N) is 1. The normalized spacial score (nSPS) is 10.5. The first kappa shape index (κ1) is 13.3. The summed E-state index contributed by atoms with van der Waals surface area (Å²) in [7, 11) is 0. The number of aliphatic carboxylic acids is 1. The smallest absolute Gasteiger partial charge is 0.303 e. The van der Waals surface area contributed by atoms with Gasteiger partial charge in [0.1, 0.15) is 0 Å². The standard InChI is InChI=1S/C7H15NO2.ClH/c1-7(2,5-8)4-3-6(9)10;/h3-5,8H2,1-2H3,(H,9,10);1H. The van der Waals surface area contributed by atoms with Crippen molar-refractivity contribution in [2.24, 2.45) is 11.1 Å². The Hall–Kier alpha value is -0.280. The number of carbonyl (C=O) groups is 1. The van der Waals surface area contributed by atoms with Gasteiger partial charge in [0, 0.05) is 6.42 Å². The summed E-state index contributed by atoms with van der Waals surface area (Å²) in [5.74, 6) is -0.749. The van der Waals surface area contributed by atoms with Crippen LogP contribution in [0.2, 0.25) is 0 Å². The number of hydrogen-bond donors (Lipinski definition) is 2. The van der Waals surface area contributed by atoms with Gasteiger partial charge in [0.15, 0.2) is 0 Å². The monoisotopic (exact) mass is 181 g/mol. The summed E-state index contributed by atoms with van der Waals surface area (Å²) >= 11 is 0. The van der Waals surface area contributed by atoms with Crippen LogP contribution in [-0.4, -0.2) is 17.6 Å². The lowest BCUT2D eigenvalue weighted by atomic mass is 9.88. The van der Waals surface area contributed by atoms with E-state index < -0.39 is 5.97 Å². The van der Waals surface area contributed by atoms with Crippen LogP contribution in [0.3, 0.4) is 0 Å². The predicted molar refractivity (Wildman–Crippen MR) is 47.0 cm³/mol. The maximum atomic E-state index is 10.1. The van der Waals surface area contributed by atoms with E-state index in [4.69, 9.17) is 10.8 Å². The third-order valence-corrected chi connectivity index (χ3v) is 1.57. The Balaban J connectivity index is 0. The molecule has 3 N–H and O–H groups in total. The quantitative estimate of drug-likeness (QED) is 0.687. The van der Waals surface area contributed by atoms with Crippen molar-refractivity contribution in [2.45, 2.75) is 26.7 Å². The molecule has 0 fully saturated rings. The van der Waals surface area contributed by atoms with E-state index in [-0.39, 0.29) is 24.2 Å². The zero-order valence-electron chi connectivity index (χ0n) is 6.96. The molecule has 0 spiro atoms. The highest BCUT2D eigenvalue weighted by molar-refractivity contribution is 5.85. The molecule has 0 aromatic heterocycles. The van der Waals surface area contributed by atoms with Gasteiger partial charge in [-0.1, -0.05) is 13.8 Å². The van der Waals surface area contributed by atoms with Gasteiger partial charge in [-0.15, -0.1) is 12.4 Å². The molecule has 0 radical (unpaired) electrons. The molecule has 0 aliphatic carbocycles. The summed E-state index contributed by atoms with van der Waals surface area (Å²) in [6.07, 6.45) is 0.864. The van der Waals surface area contributed by atoms with E-state index in [9.17, 15) is 4.79 Å². The van der Waals surface area contributed by atoms with Gasteiger partial charge in [0.25, 0.3) is 0 Å². The van der Waals surface area contributed by atoms with Crippen molar-refractivity contribution >= 4 is 18.4 Å². The second-order valence-corrected chi connectivity index (χ2v) is 3.26. The van der Waals surface area contributed by atoms with Crippen molar-refractivity contribution in [1.29, 1.82) is 0 Å². The van der Waals surface area contributed by atoms with E-state index in [2.05, 4.69) is 0 Å². The summed E-state index contributed by atoms with van der Waals surface area (Å²) in [5.41, 5.74) is 5.37. The average molecular weight is 182 g/mol. The molecule has 4 heteroatoms. The molecule has 0 aromatic carbocycles. The van der Waals surface area contributed by atoms with Crippen LogP contribution in [0, 0.1) is 5.41 Å². The number of halogens is 1. The van der Waals surface area contributed by atoms with Gasteiger partial charge in [-0.25, -0.2) is 0 Å². The highest BCUT2D eigenvalue weighted by Crippen LogP contribution is 2.19. The average Bonchev–Trinajstić information content (AvgIpc) is 1.85. The van der Waals surface area contributed by atoms with Gasteiger partial charge in [0.05, 0.1) is 0 Å². The minimum absolute atomic E-state index is 0. The topological polar surface area (TPSA) is 63.3 Å². The van der Waals surface area contributed by atoms with Crippen molar-refractivity contribution in [3.8, 4) is 0 Å². The first-order valence-electron chi connectivity index (χ1n) is 3.40. The van der Waals surface area contributed by atoms with E-state index in [1.54, 1.807) is 0 Å². The van der Waals surface area contributed by atoms with Crippen LogP contribution in [-0.2, 0) is 4.79 Å². The lowest BCUT2D eigenvalue weighted by Crippen LogP contribution is -2.24. The molecule has 0 bridgehead atoms. The summed E-state index contributed by atoms with van der Waals surface area (Å²) < 4.78 is 0. The molecule has 0 aromatic rings. The zero-order chi connectivity index (χ0) is 8.20. The van der Waals surface area contributed by atoms with Crippen LogP contribution in [0.5, 0.6) is 0 Å². The van der Waals surface area contributed by atoms with Gasteiger partial charge in [-0.3, -0.25) is 4.79 Å². The molecule has 0 aliphatic rings. The summed E-state index contributed by atoms with van der Waals surface area (Å²) in [5, 5.41) is 8.33. The van der Waals surface area contributed by atoms with Crippen LogP contribution in [0.15, 0.2) is 0 Å². The van der Waals surface area contributed by atoms with Gasteiger partial charge >= 0.3 is 5.97 Å². The summed E-state index contributed by atoms with van der Waals surface area (Å²) in [6.45, 7) is 4.48. The molecule has 0 saturated carbocycles. The molecule has 11 heavy (non-hydrogen) atoms. The van der Waals surface area contributed by atoms with Gasteiger partial charge in [-0.05, 0) is 18.4 Å². The summed E-state index contributed by atoms with van der Waals surface area (Å²) in [4.78, 5) is 10.1. The molecule has 0 aliphatic heterocycles. The van der Waals surface area contributed by atoms with Gasteiger partial charge in [0.2, 0.25) is 0 Å². The third kappa shape index (κ3) is 7.62. The lowest BCUT2D eigenvalue weighted by Gasteiger charge is -2.20. The minimum Gasteiger partial charge on any atom is -0.481 e. The van der Waals surface area contributed by atoms with E-state index in [1.165, 1.54) is 0 Å². The van der Waals surface area contributed by atoms with Crippen LogP contribution >= 0.6 is 12.4 Å². The highest BCUT2D eigenvalue weighted by Gasteiger charge is 2.16. The third-order valence-electron chi connectivity index (χ3n) is 1.57. The van der Waals surface area contributed by atoms with Crippen molar-refractivity contribution in [1.82, 2.24) is 0 Å². The predicted octanol–water partition coefficient (Wildman–Crippen LogP) is 1.26. The van der Waals surface area contributed by atoms with Crippen LogP contribution in [0.25, 0.3) is 0 Å². The van der Waals surface area contributed by atoms with E-state index >= 15 is 0 Å². The van der Waals surface area contributed by atoms with Crippen molar-refractivity contribution in [2.75, 3.05) is 6.54 Å². The molecule has 0 amide bonds. The van der Waals surface area contributed by atoms with E-state index in [1.807, 2.05) is 13.8 Å². The maximum absolute atomic E-state index is 10.1. The molecule has 3 nitrogen and oxygen atoms in total. The number of hydrogen-bond acceptors (Lipinski definition) is 2. The number of carboxylic acids is 1. The Morgan fingerprint density at radius 1 is 1.55 bits per heavy atom. The first-order chi connectivity index (χ1) is 4.48. The second kappa shape index (κ2) is 5.38. The highest BCUT2D eigenvalue weighted by atomic mass is 35.5. The Morgan fingerprint density at radius 2 is 2.00 bits per heavy atom. The second-order valence-electron chi connectivity index (χ2n) is 3.26. The van der Waals surface area contributed by atoms with Crippen molar-refractivity contribution in [3.05, 3.63) is 0 Å². The Kier molecular flexibility index (Phi) is 6.52. The molecular weight excluding hydrogens is 166 g/mol. The van der Waals surface area contributed by atoms with E-state index in [0.29, 0.717) is 13.0 Å². The van der Waals surface area contributed by atoms with Crippen LogP contribution < -0.4 is 5.73 Å². The molecule has 0 rings (SSSR count). The number of carboxylic acid groups (broad SMARTS) is 1. The Morgan fingerprint density at radius 3 is 2.27 bits per heavy atom. The molecular formula is C7H16ClNO2. The fourth-order valence-corrected chi connectivity index (χ4v) is 0.547. The van der Waals surface area contributed by atoms with Crippen molar-refractivity contribution in [3.63, 3.8) is 0 Å². The largest absolute Gasteiger partial charge is 0.481 e. The molecule has 0 heterocycles. The fraction of sp³-hybridized carbons (Fsp3) is 0.857. The number of rotatable bonds is 4. The molecule has 0 atom stereocenters.